The fourth-order valence-corrected chi connectivity index (χ4v) is 7.91. The first-order valence-corrected chi connectivity index (χ1v) is 12.2. The summed E-state index contributed by atoms with van der Waals surface area (Å²) in [5.74, 6) is -0.404. The molecular weight excluding hydrogens is 424 g/mol. The number of fused-ring (bicyclic) bond motifs is 5. The number of aliphatic hydroxyl groups is 2. The van der Waals surface area contributed by atoms with Crippen molar-refractivity contribution in [1.29, 1.82) is 0 Å². The van der Waals surface area contributed by atoms with Gasteiger partial charge in [-0.1, -0.05) is 39.3 Å². The Morgan fingerprint density at radius 1 is 1.27 bits per heavy atom. The molecule has 0 amide bonds. The Labute approximate surface area is 195 Å². The van der Waals surface area contributed by atoms with Gasteiger partial charge in [0.1, 0.15) is 6.61 Å². The molecule has 2 N–H and O–H groups in total. The van der Waals surface area contributed by atoms with Gasteiger partial charge in [0.05, 0.1) is 12.7 Å². The maximum Gasteiger partial charge on any atom is 0.509 e. The molecule has 0 aromatic carbocycles. The van der Waals surface area contributed by atoms with Crippen LogP contribution in [0.15, 0.2) is 23.8 Å². The van der Waals surface area contributed by atoms with Crippen LogP contribution < -0.4 is 0 Å². The summed E-state index contributed by atoms with van der Waals surface area (Å²) in [6.07, 6.45) is 6.25. The average molecular weight is 461 g/mol. The molecule has 0 spiro atoms. The van der Waals surface area contributed by atoms with Gasteiger partial charge in [-0.15, -0.1) is 0 Å². The summed E-state index contributed by atoms with van der Waals surface area (Å²) in [6, 6.07) is 0. The fraction of sp³-hybridized carbons (Fsp3) is 0.731. The van der Waals surface area contributed by atoms with Crippen LogP contribution in [0, 0.1) is 34.5 Å². The first-order valence-electron chi connectivity index (χ1n) is 12.2. The van der Waals surface area contributed by atoms with Crippen molar-refractivity contribution in [2.75, 3.05) is 13.2 Å². The second-order valence-corrected chi connectivity index (χ2v) is 10.9. The van der Waals surface area contributed by atoms with Gasteiger partial charge in [-0.25, -0.2) is 4.79 Å². The molecule has 4 rings (SSSR count). The molecule has 7 heteroatoms. The van der Waals surface area contributed by atoms with E-state index in [-0.39, 0.29) is 42.5 Å². The van der Waals surface area contributed by atoms with Gasteiger partial charge in [-0.3, -0.25) is 9.59 Å². The van der Waals surface area contributed by atoms with Crippen molar-refractivity contribution >= 4 is 17.7 Å². The molecular formula is C26H36O7. The van der Waals surface area contributed by atoms with Gasteiger partial charge >= 0.3 is 6.16 Å². The monoisotopic (exact) mass is 460 g/mol. The number of hydrogen-bond donors (Lipinski definition) is 2. The molecule has 0 saturated heterocycles. The largest absolute Gasteiger partial charge is 0.509 e. The molecule has 3 fully saturated rings. The molecule has 0 radical (unpaired) electrons. The van der Waals surface area contributed by atoms with Gasteiger partial charge < -0.3 is 19.7 Å². The van der Waals surface area contributed by atoms with E-state index in [9.17, 15) is 24.6 Å². The molecule has 0 aliphatic heterocycles. The first kappa shape index (κ1) is 24.1. The Bertz CT molecular complexity index is 906. The third kappa shape index (κ3) is 3.42. The van der Waals surface area contributed by atoms with Crippen molar-refractivity contribution in [2.24, 2.45) is 34.5 Å². The van der Waals surface area contributed by atoms with E-state index in [0.29, 0.717) is 19.3 Å². The Balaban J connectivity index is 1.74. The lowest BCUT2D eigenvalue weighted by Crippen LogP contribution is -2.63. The number of aliphatic hydroxyl groups excluding tert-OH is 2. The van der Waals surface area contributed by atoms with E-state index in [1.165, 1.54) is 0 Å². The van der Waals surface area contributed by atoms with Crippen LogP contribution in [0.2, 0.25) is 0 Å². The molecule has 8 atom stereocenters. The van der Waals surface area contributed by atoms with Crippen LogP contribution in [0.4, 0.5) is 4.79 Å². The second kappa shape index (κ2) is 8.35. The van der Waals surface area contributed by atoms with Gasteiger partial charge in [0.15, 0.2) is 11.4 Å². The summed E-state index contributed by atoms with van der Waals surface area (Å²) in [7, 11) is 0. The lowest BCUT2D eigenvalue weighted by Gasteiger charge is -2.61. The minimum atomic E-state index is -1.53. The molecule has 7 nitrogen and oxygen atoms in total. The Hall–Kier alpha value is -1.99. The normalized spacial score (nSPS) is 43.8. The van der Waals surface area contributed by atoms with Crippen molar-refractivity contribution in [2.45, 2.75) is 71.5 Å². The highest BCUT2D eigenvalue weighted by molar-refractivity contribution is 6.01. The van der Waals surface area contributed by atoms with Crippen molar-refractivity contribution in [3.05, 3.63) is 23.8 Å². The van der Waals surface area contributed by atoms with Crippen LogP contribution >= 0.6 is 0 Å². The summed E-state index contributed by atoms with van der Waals surface area (Å²) < 4.78 is 10.9. The summed E-state index contributed by atoms with van der Waals surface area (Å²) in [4.78, 5) is 37.7. The lowest BCUT2D eigenvalue weighted by molar-refractivity contribution is -0.185. The Morgan fingerprint density at radius 3 is 2.67 bits per heavy atom. The number of ketones is 2. The number of Topliss-reactive ketones (excluding diaryl/α,β-unsaturated/α-hetero) is 1. The zero-order chi connectivity index (χ0) is 24.2. The van der Waals surface area contributed by atoms with E-state index < -0.39 is 41.1 Å². The van der Waals surface area contributed by atoms with Crippen LogP contribution in [0.5, 0.6) is 0 Å². The summed E-state index contributed by atoms with van der Waals surface area (Å²) in [6.45, 7) is 7.45. The van der Waals surface area contributed by atoms with E-state index in [1.807, 2.05) is 19.9 Å². The standard InChI is InChI=1S/C26H36O7/c1-5-10-32-23(31)33-26(21(30)14-27)9-7-18-17-11-15(2)19-12-16(28)6-8-24(19,3)22(17)20(29)13-25(18,26)4/h6,8,12,15,17-18,20,22,27,29H,5,7,9-11,13-14H2,1-4H3/t15-,17-,18-,20?,22+,24-,25-,26-/m0/s1. The molecule has 1 unspecified atom stereocenters. The van der Waals surface area contributed by atoms with Gasteiger partial charge in [0.25, 0.3) is 0 Å². The highest BCUT2D eigenvalue weighted by Crippen LogP contribution is 2.68. The zero-order valence-electron chi connectivity index (χ0n) is 20.0. The number of hydrogen-bond acceptors (Lipinski definition) is 7. The smallest absolute Gasteiger partial charge is 0.434 e. The summed E-state index contributed by atoms with van der Waals surface area (Å²) >= 11 is 0. The maximum atomic E-state index is 13.1. The topological polar surface area (TPSA) is 110 Å². The molecule has 4 aliphatic rings. The lowest BCUT2D eigenvalue weighted by atomic mass is 9.44. The van der Waals surface area contributed by atoms with E-state index in [2.05, 4.69) is 13.8 Å². The van der Waals surface area contributed by atoms with Crippen molar-refractivity contribution < 1.29 is 34.1 Å². The maximum absolute atomic E-state index is 13.1. The Kier molecular flexibility index (Phi) is 6.11. The van der Waals surface area contributed by atoms with Crippen molar-refractivity contribution in [1.82, 2.24) is 0 Å². The van der Waals surface area contributed by atoms with E-state index in [4.69, 9.17) is 9.47 Å². The van der Waals surface area contributed by atoms with E-state index in [1.54, 1.807) is 12.2 Å². The van der Waals surface area contributed by atoms with Crippen LogP contribution in [0.3, 0.4) is 0 Å². The SMILES string of the molecule is CCCOC(=O)O[C@]1(C(=O)CO)CC[C@H]2[C@@H]3C[C@H](C)C4=CC(=O)C=C[C@]4(C)[C@H]3C(O)C[C@@]21C. The molecule has 0 heterocycles. The molecule has 3 saturated carbocycles. The van der Waals surface area contributed by atoms with Gasteiger partial charge in [-0.05, 0) is 62.0 Å². The quantitative estimate of drug-likeness (QED) is 0.605. The predicted molar refractivity (Wildman–Crippen MR) is 120 cm³/mol. The minimum absolute atomic E-state index is 0.0182. The van der Waals surface area contributed by atoms with Crippen LogP contribution in [-0.2, 0) is 19.1 Å². The molecule has 4 aliphatic carbocycles. The molecule has 0 aromatic heterocycles. The van der Waals surface area contributed by atoms with Crippen LogP contribution in [0.25, 0.3) is 0 Å². The molecule has 33 heavy (non-hydrogen) atoms. The highest BCUT2D eigenvalue weighted by atomic mass is 16.7. The molecule has 182 valence electrons. The Morgan fingerprint density at radius 2 is 2.00 bits per heavy atom. The second-order valence-electron chi connectivity index (χ2n) is 10.9. The van der Waals surface area contributed by atoms with Gasteiger partial charge in [0.2, 0.25) is 5.78 Å². The number of allylic oxidation sites excluding steroid dienone is 4. The third-order valence-electron chi connectivity index (χ3n) is 9.21. The number of rotatable bonds is 5. The highest BCUT2D eigenvalue weighted by Gasteiger charge is 2.70. The number of carbonyl (C=O) groups excluding carboxylic acids is 3. The summed E-state index contributed by atoms with van der Waals surface area (Å²) in [5, 5.41) is 21.4. The third-order valence-corrected chi connectivity index (χ3v) is 9.21. The fourth-order valence-electron chi connectivity index (χ4n) is 7.91. The first-order chi connectivity index (χ1) is 15.5. The average Bonchev–Trinajstić information content (AvgIpc) is 3.05. The molecule has 0 bridgehead atoms. The number of carbonyl (C=O) groups is 3. The minimum Gasteiger partial charge on any atom is -0.434 e. The van der Waals surface area contributed by atoms with Crippen molar-refractivity contribution in [3.8, 4) is 0 Å². The van der Waals surface area contributed by atoms with Gasteiger partial charge in [0, 0.05) is 16.7 Å². The van der Waals surface area contributed by atoms with E-state index in [0.717, 1.165) is 12.0 Å². The van der Waals surface area contributed by atoms with Crippen LogP contribution in [0.1, 0.15) is 59.8 Å². The molecule has 0 aromatic rings. The summed E-state index contributed by atoms with van der Waals surface area (Å²) in [5.41, 5.74) is -1.73. The predicted octanol–water partition coefficient (Wildman–Crippen LogP) is 3.37. The van der Waals surface area contributed by atoms with Gasteiger partial charge in [-0.2, -0.15) is 0 Å². The zero-order valence-corrected chi connectivity index (χ0v) is 20.0. The number of ether oxygens (including phenoxy) is 2. The van der Waals surface area contributed by atoms with Crippen LogP contribution in [-0.4, -0.2) is 52.9 Å². The van der Waals surface area contributed by atoms with Crippen molar-refractivity contribution in [3.63, 3.8) is 0 Å². The van der Waals surface area contributed by atoms with E-state index >= 15 is 0 Å².